The van der Waals surface area contributed by atoms with Gasteiger partial charge in [-0.1, -0.05) is 20.3 Å². The highest BCUT2D eigenvalue weighted by Gasteiger charge is 2.40. The molecule has 1 saturated heterocycles. The third-order valence-electron chi connectivity index (χ3n) is 6.19. The highest BCUT2D eigenvalue weighted by atomic mass is 15.3. The third kappa shape index (κ3) is 3.37. The van der Waals surface area contributed by atoms with Gasteiger partial charge in [0.05, 0.1) is 0 Å². The van der Waals surface area contributed by atoms with Gasteiger partial charge in [-0.15, -0.1) is 0 Å². The number of piperazine rings is 1. The van der Waals surface area contributed by atoms with Crippen LogP contribution in [-0.4, -0.2) is 54.1 Å². The summed E-state index contributed by atoms with van der Waals surface area (Å²) in [6.07, 6.45) is 8.04. The molecule has 3 heteroatoms. The van der Waals surface area contributed by atoms with E-state index >= 15 is 0 Å². The van der Waals surface area contributed by atoms with E-state index in [2.05, 4.69) is 30.6 Å². The summed E-state index contributed by atoms with van der Waals surface area (Å²) in [4.78, 5) is 5.39. The smallest absolute Gasteiger partial charge is 0.0333 e. The molecule has 0 aromatic rings. The molecule has 0 bridgehead atoms. The zero-order valence-corrected chi connectivity index (χ0v) is 13.9. The molecule has 1 aliphatic heterocycles. The minimum Gasteiger partial charge on any atom is -0.329 e. The fourth-order valence-corrected chi connectivity index (χ4v) is 4.17. The van der Waals surface area contributed by atoms with Crippen molar-refractivity contribution in [2.45, 2.75) is 70.9 Å². The van der Waals surface area contributed by atoms with Crippen LogP contribution in [0.25, 0.3) is 0 Å². The second kappa shape index (κ2) is 7.24. The first-order valence-corrected chi connectivity index (χ1v) is 8.84. The standard InChI is InChI=1S/C17H35N3/c1-4-15(3)19-10-12-20(13-11-19)17(14-18)8-6-16(5-2)7-9-17/h15-16H,4-14,18H2,1-3H3. The highest BCUT2D eigenvalue weighted by Crippen LogP contribution is 2.37. The van der Waals surface area contributed by atoms with Gasteiger partial charge in [-0.2, -0.15) is 0 Å². The van der Waals surface area contributed by atoms with Crippen LogP contribution in [0.2, 0.25) is 0 Å². The summed E-state index contributed by atoms with van der Waals surface area (Å²) in [5, 5.41) is 0. The first-order valence-electron chi connectivity index (χ1n) is 8.84. The van der Waals surface area contributed by atoms with E-state index in [1.54, 1.807) is 0 Å². The molecule has 1 atom stereocenters. The van der Waals surface area contributed by atoms with Gasteiger partial charge in [0.1, 0.15) is 0 Å². The topological polar surface area (TPSA) is 32.5 Å². The van der Waals surface area contributed by atoms with E-state index in [-0.39, 0.29) is 0 Å². The predicted octanol–water partition coefficient (Wildman–Crippen LogP) is 2.70. The maximum absolute atomic E-state index is 6.22. The zero-order chi connectivity index (χ0) is 14.6. The molecule has 3 nitrogen and oxygen atoms in total. The molecule has 1 unspecified atom stereocenters. The fourth-order valence-electron chi connectivity index (χ4n) is 4.17. The fraction of sp³-hybridized carbons (Fsp3) is 1.00. The maximum atomic E-state index is 6.22. The number of nitrogens with zero attached hydrogens (tertiary/aromatic N) is 2. The van der Waals surface area contributed by atoms with Gasteiger partial charge in [-0.05, 0) is 44.9 Å². The van der Waals surface area contributed by atoms with Crippen LogP contribution in [-0.2, 0) is 0 Å². The van der Waals surface area contributed by atoms with Gasteiger partial charge in [0.25, 0.3) is 0 Å². The van der Waals surface area contributed by atoms with E-state index in [9.17, 15) is 0 Å². The SMILES string of the molecule is CCC1CCC(CN)(N2CCN(C(C)CC)CC2)CC1. The monoisotopic (exact) mass is 281 g/mol. The van der Waals surface area contributed by atoms with Gasteiger partial charge >= 0.3 is 0 Å². The highest BCUT2D eigenvalue weighted by molar-refractivity contribution is 4.97. The summed E-state index contributed by atoms with van der Waals surface area (Å²) in [6, 6.07) is 0.738. The Labute approximate surface area is 125 Å². The molecule has 2 rings (SSSR count). The zero-order valence-electron chi connectivity index (χ0n) is 13.9. The summed E-state index contributed by atoms with van der Waals surface area (Å²) >= 11 is 0. The Morgan fingerprint density at radius 3 is 2.15 bits per heavy atom. The number of rotatable bonds is 5. The van der Waals surface area contributed by atoms with Crippen molar-refractivity contribution in [1.29, 1.82) is 0 Å². The summed E-state index contributed by atoms with van der Waals surface area (Å²) in [5.41, 5.74) is 6.55. The minimum atomic E-state index is 0.327. The van der Waals surface area contributed by atoms with Crippen LogP contribution < -0.4 is 5.73 Å². The summed E-state index contributed by atoms with van der Waals surface area (Å²) < 4.78 is 0. The van der Waals surface area contributed by atoms with Crippen molar-refractivity contribution in [3.8, 4) is 0 Å². The second-order valence-electron chi connectivity index (χ2n) is 7.06. The van der Waals surface area contributed by atoms with Crippen molar-refractivity contribution in [3.63, 3.8) is 0 Å². The van der Waals surface area contributed by atoms with Crippen LogP contribution in [0.5, 0.6) is 0 Å². The quantitative estimate of drug-likeness (QED) is 0.841. The molecule has 2 aliphatic rings. The van der Waals surface area contributed by atoms with E-state index < -0.39 is 0 Å². The molecular formula is C17H35N3. The van der Waals surface area contributed by atoms with Gasteiger partial charge in [0.2, 0.25) is 0 Å². The molecule has 2 N–H and O–H groups in total. The molecule has 1 heterocycles. The molecule has 0 spiro atoms. The Balaban J connectivity index is 1.90. The normalized spacial score (nSPS) is 35.1. The Hall–Kier alpha value is -0.120. The lowest BCUT2D eigenvalue weighted by molar-refractivity contribution is -0.00555. The minimum absolute atomic E-state index is 0.327. The van der Waals surface area contributed by atoms with Crippen molar-refractivity contribution in [3.05, 3.63) is 0 Å². The van der Waals surface area contributed by atoms with Crippen molar-refractivity contribution in [1.82, 2.24) is 9.80 Å². The summed E-state index contributed by atoms with van der Waals surface area (Å²) in [7, 11) is 0. The Kier molecular flexibility index (Phi) is 5.88. The van der Waals surface area contributed by atoms with Crippen LogP contribution in [0.3, 0.4) is 0 Å². The number of hydrogen-bond donors (Lipinski definition) is 1. The molecule has 1 aliphatic carbocycles. The molecule has 20 heavy (non-hydrogen) atoms. The van der Waals surface area contributed by atoms with Crippen LogP contribution in [0.1, 0.15) is 59.3 Å². The lowest BCUT2D eigenvalue weighted by atomic mass is 9.74. The van der Waals surface area contributed by atoms with E-state index in [4.69, 9.17) is 5.73 Å². The van der Waals surface area contributed by atoms with Crippen molar-refractivity contribution in [2.24, 2.45) is 11.7 Å². The van der Waals surface area contributed by atoms with Crippen molar-refractivity contribution in [2.75, 3.05) is 32.7 Å². The van der Waals surface area contributed by atoms with Crippen LogP contribution in [0.15, 0.2) is 0 Å². The van der Waals surface area contributed by atoms with E-state index in [1.165, 1.54) is 64.7 Å². The van der Waals surface area contributed by atoms with E-state index in [0.717, 1.165) is 18.5 Å². The lowest BCUT2D eigenvalue weighted by Crippen LogP contribution is -2.62. The molecule has 118 valence electrons. The van der Waals surface area contributed by atoms with Crippen molar-refractivity contribution >= 4 is 0 Å². The van der Waals surface area contributed by atoms with Crippen molar-refractivity contribution < 1.29 is 0 Å². The van der Waals surface area contributed by atoms with Crippen LogP contribution in [0, 0.1) is 5.92 Å². The number of nitrogens with two attached hydrogens (primary N) is 1. The van der Waals surface area contributed by atoms with Gasteiger partial charge in [0.15, 0.2) is 0 Å². The van der Waals surface area contributed by atoms with Crippen LogP contribution in [0.4, 0.5) is 0 Å². The van der Waals surface area contributed by atoms with Gasteiger partial charge in [0, 0.05) is 44.3 Å². The average molecular weight is 281 g/mol. The van der Waals surface area contributed by atoms with Gasteiger partial charge in [-0.25, -0.2) is 0 Å². The lowest BCUT2D eigenvalue weighted by Gasteiger charge is -2.51. The second-order valence-corrected chi connectivity index (χ2v) is 7.06. The molecule has 1 saturated carbocycles. The first kappa shape index (κ1) is 16.3. The molecular weight excluding hydrogens is 246 g/mol. The van der Waals surface area contributed by atoms with Gasteiger partial charge in [-0.3, -0.25) is 9.80 Å². The third-order valence-corrected chi connectivity index (χ3v) is 6.19. The van der Waals surface area contributed by atoms with Crippen LogP contribution >= 0.6 is 0 Å². The molecule has 0 radical (unpaired) electrons. The van der Waals surface area contributed by atoms with E-state index in [0.29, 0.717) is 5.54 Å². The summed E-state index contributed by atoms with van der Waals surface area (Å²) in [5.74, 6) is 0.955. The Morgan fingerprint density at radius 2 is 1.70 bits per heavy atom. The largest absolute Gasteiger partial charge is 0.329 e. The first-order chi connectivity index (χ1) is 9.65. The number of hydrogen-bond acceptors (Lipinski definition) is 3. The Bertz CT molecular complexity index is 276. The van der Waals surface area contributed by atoms with E-state index in [1.807, 2.05) is 0 Å². The predicted molar refractivity (Wildman–Crippen MR) is 86.9 cm³/mol. The summed E-state index contributed by atoms with van der Waals surface area (Å²) in [6.45, 7) is 12.8. The maximum Gasteiger partial charge on any atom is 0.0333 e. The molecule has 0 aromatic carbocycles. The van der Waals surface area contributed by atoms with Gasteiger partial charge < -0.3 is 5.73 Å². The molecule has 2 fully saturated rings. The average Bonchev–Trinajstić information content (AvgIpc) is 2.54. The molecule has 0 amide bonds. The molecule has 0 aromatic heterocycles. The Morgan fingerprint density at radius 1 is 1.10 bits per heavy atom.